The second-order valence-corrected chi connectivity index (χ2v) is 2.20. The van der Waals surface area contributed by atoms with Crippen LogP contribution in [0.4, 0.5) is 5.69 Å². The van der Waals surface area contributed by atoms with Gasteiger partial charge in [-0.1, -0.05) is 12.1 Å². The Morgan fingerprint density at radius 3 is 2.23 bits per heavy atom. The molecule has 0 radical (unpaired) electrons. The number of anilines is 1. The monoisotopic (exact) mass is 203 g/mol. The van der Waals surface area contributed by atoms with Crippen molar-refractivity contribution in [2.75, 3.05) is 5.73 Å². The van der Waals surface area contributed by atoms with Crippen LogP contribution in [0.2, 0.25) is 0 Å². The van der Waals surface area contributed by atoms with Gasteiger partial charge in [-0.15, -0.1) is 0 Å². The molecular formula is C8H6KNO3. The van der Waals surface area contributed by atoms with Gasteiger partial charge in [-0.2, -0.15) is 0 Å². The van der Waals surface area contributed by atoms with E-state index in [1.165, 1.54) is 18.2 Å². The molecule has 0 spiro atoms. The summed E-state index contributed by atoms with van der Waals surface area (Å²) in [5, 5.41) is 10.1. The molecule has 0 fully saturated rings. The minimum atomic E-state index is -1.74. The SMILES string of the molecule is Nc1ccccc1C(=O)C(=O)[O-].[K+]. The van der Waals surface area contributed by atoms with Crippen molar-refractivity contribution < 1.29 is 66.1 Å². The molecule has 1 aromatic carbocycles. The molecule has 0 aliphatic rings. The summed E-state index contributed by atoms with van der Waals surface area (Å²) in [6, 6.07) is 5.94. The Kier molecular flexibility index (Phi) is 5.42. The van der Waals surface area contributed by atoms with Crippen LogP contribution in [0.15, 0.2) is 24.3 Å². The summed E-state index contributed by atoms with van der Waals surface area (Å²) in [6.07, 6.45) is 0. The van der Waals surface area contributed by atoms with Crippen LogP contribution in [-0.4, -0.2) is 11.8 Å². The first-order valence-corrected chi connectivity index (χ1v) is 3.23. The fourth-order valence-electron chi connectivity index (χ4n) is 0.814. The molecule has 4 nitrogen and oxygen atoms in total. The Labute approximate surface area is 118 Å². The quantitative estimate of drug-likeness (QED) is 0.231. The van der Waals surface area contributed by atoms with E-state index in [4.69, 9.17) is 5.73 Å². The summed E-state index contributed by atoms with van der Waals surface area (Å²) in [7, 11) is 0. The number of carbonyl (C=O) groups is 2. The van der Waals surface area contributed by atoms with Gasteiger partial charge in [-0.25, -0.2) is 0 Å². The largest absolute Gasteiger partial charge is 1.00 e. The molecule has 0 unspecified atom stereocenters. The molecule has 0 aromatic heterocycles. The van der Waals surface area contributed by atoms with Crippen LogP contribution in [0.1, 0.15) is 10.4 Å². The molecule has 0 aliphatic heterocycles. The number of para-hydroxylation sites is 1. The average molecular weight is 203 g/mol. The Morgan fingerprint density at radius 1 is 1.23 bits per heavy atom. The van der Waals surface area contributed by atoms with Crippen LogP contribution in [0.3, 0.4) is 0 Å². The van der Waals surface area contributed by atoms with Gasteiger partial charge in [0, 0.05) is 11.3 Å². The summed E-state index contributed by atoms with van der Waals surface area (Å²) in [5.74, 6) is -2.83. The molecule has 0 atom stereocenters. The molecule has 1 aromatic rings. The number of hydrogen-bond acceptors (Lipinski definition) is 4. The minimum absolute atomic E-state index is 0. The number of rotatable bonds is 2. The van der Waals surface area contributed by atoms with E-state index >= 15 is 0 Å². The molecule has 13 heavy (non-hydrogen) atoms. The third-order valence-electron chi connectivity index (χ3n) is 1.39. The summed E-state index contributed by atoms with van der Waals surface area (Å²) in [5.41, 5.74) is 5.46. The minimum Gasteiger partial charge on any atom is -0.541 e. The predicted molar refractivity (Wildman–Crippen MR) is 40.2 cm³/mol. The van der Waals surface area contributed by atoms with Crippen molar-refractivity contribution in [3.63, 3.8) is 0 Å². The van der Waals surface area contributed by atoms with E-state index in [9.17, 15) is 14.7 Å². The number of nitrogens with two attached hydrogens (primary N) is 1. The smallest absolute Gasteiger partial charge is 0.541 e. The van der Waals surface area contributed by atoms with E-state index in [2.05, 4.69) is 0 Å². The van der Waals surface area contributed by atoms with Gasteiger partial charge in [0.15, 0.2) is 0 Å². The van der Waals surface area contributed by atoms with Crippen LogP contribution in [0, 0.1) is 0 Å². The maximum atomic E-state index is 10.8. The second-order valence-electron chi connectivity index (χ2n) is 2.20. The van der Waals surface area contributed by atoms with Gasteiger partial charge in [-0.3, -0.25) is 4.79 Å². The van der Waals surface area contributed by atoms with Crippen LogP contribution in [0.5, 0.6) is 0 Å². The maximum Gasteiger partial charge on any atom is 1.00 e. The molecule has 5 heteroatoms. The maximum absolute atomic E-state index is 10.8. The van der Waals surface area contributed by atoms with Crippen LogP contribution in [0.25, 0.3) is 0 Å². The molecule has 2 N–H and O–H groups in total. The fourth-order valence-corrected chi connectivity index (χ4v) is 0.814. The topological polar surface area (TPSA) is 83.2 Å². The molecule has 0 saturated carbocycles. The second kappa shape index (κ2) is 5.51. The number of hydrogen-bond donors (Lipinski definition) is 1. The van der Waals surface area contributed by atoms with Crippen LogP contribution < -0.4 is 62.2 Å². The van der Waals surface area contributed by atoms with Gasteiger partial charge in [-0.05, 0) is 12.1 Å². The number of aliphatic carboxylic acids is 1. The molecule has 0 aliphatic carbocycles. The number of carboxylic acid groups (broad SMARTS) is 1. The molecular weight excluding hydrogens is 197 g/mol. The standard InChI is InChI=1S/C8H7NO3.K/c9-6-4-2-1-3-5(6)7(10)8(11)12;/h1-4H,9H2,(H,11,12);/q;+1/p-1. The van der Waals surface area contributed by atoms with Crippen molar-refractivity contribution >= 4 is 17.4 Å². The molecule has 1 rings (SSSR count). The number of carbonyl (C=O) groups excluding carboxylic acids is 2. The number of benzene rings is 1. The third kappa shape index (κ3) is 3.20. The third-order valence-corrected chi connectivity index (χ3v) is 1.39. The van der Waals surface area contributed by atoms with E-state index in [1.807, 2.05) is 0 Å². The fraction of sp³-hybridized carbons (Fsp3) is 0. The number of carboxylic acids is 1. The van der Waals surface area contributed by atoms with E-state index < -0.39 is 11.8 Å². The van der Waals surface area contributed by atoms with Crippen molar-refractivity contribution in [2.45, 2.75) is 0 Å². The van der Waals surface area contributed by atoms with Gasteiger partial charge >= 0.3 is 51.4 Å². The molecule has 0 saturated heterocycles. The van der Waals surface area contributed by atoms with Crippen molar-refractivity contribution in [1.29, 1.82) is 0 Å². The van der Waals surface area contributed by atoms with E-state index in [0.717, 1.165) is 0 Å². The average Bonchev–Trinajstić information content (AvgIpc) is 2.04. The molecule has 0 amide bonds. The summed E-state index contributed by atoms with van der Waals surface area (Å²) >= 11 is 0. The number of nitrogen functional groups attached to an aromatic ring is 1. The molecule has 0 bridgehead atoms. The van der Waals surface area contributed by atoms with Crippen molar-refractivity contribution in [1.82, 2.24) is 0 Å². The zero-order chi connectivity index (χ0) is 9.14. The van der Waals surface area contributed by atoms with Gasteiger partial charge in [0.1, 0.15) is 5.97 Å². The van der Waals surface area contributed by atoms with E-state index in [0.29, 0.717) is 0 Å². The summed E-state index contributed by atoms with van der Waals surface area (Å²) in [6.45, 7) is 0. The Balaban J connectivity index is 0.00000144. The Hall–Kier alpha value is -0.204. The molecule has 0 heterocycles. The summed E-state index contributed by atoms with van der Waals surface area (Å²) < 4.78 is 0. The Morgan fingerprint density at radius 2 is 1.77 bits per heavy atom. The van der Waals surface area contributed by atoms with E-state index in [-0.39, 0.29) is 62.6 Å². The van der Waals surface area contributed by atoms with Gasteiger partial charge in [0.2, 0.25) is 5.78 Å². The number of ketones is 1. The van der Waals surface area contributed by atoms with E-state index in [1.54, 1.807) is 6.07 Å². The van der Waals surface area contributed by atoms with Crippen molar-refractivity contribution in [3.8, 4) is 0 Å². The first kappa shape index (κ1) is 12.8. The summed E-state index contributed by atoms with van der Waals surface area (Å²) in [4.78, 5) is 21.0. The first-order valence-electron chi connectivity index (χ1n) is 3.23. The zero-order valence-corrected chi connectivity index (χ0v) is 10.2. The molecule has 62 valence electrons. The zero-order valence-electron chi connectivity index (χ0n) is 7.11. The predicted octanol–water partition coefficient (Wildman–Crippen LogP) is -3.79. The normalized spacial score (nSPS) is 8.62. The first-order chi connectivity index (χ1) is 5.63. The Bertz CT molecular complexity index is 338. The van der Waals surface area contributed by atoms with Crippen molar-refractivity contribution in [3.05, 3.63) is 29.8 Å². The number of Topliss-reactive ketones (excluding diaryl/α,β-unsaturated/α-hetero) is 1. The van der Waals surface area contributed by atoms with Crippen LogP contribution in [-0.2, 0) is 4.79 Å². The van der Waals surface area contributed by atoms with Gasteiger partial charge in [0.05, 0.1) is 0 Å². The van der Waals surface area contributed by atoms with Crippen molar-refractivity contribution in [2.24, 2.45) is 0 Å². The van der Waals surface area contributed by atoms with Crippen LogP contribution >= 0.6 is 0 Å². The van der Waals surface area contributed by atoms with Gasteiger partial charge in [0.25, 0.3) is 0 Å². The van der Waals surface area contributed by atoms with Gasteiger partial charge < -0.3 is 15.6 Å².